The number of nitrogens with zero attached hydrogens (tertiary/aromatic N) is 2. The Hall–Kier alpha value is -3.17. The molecule has 1 heterocycles. The molecule has 2 aromatic carbocycles. The van der Waals surface area contributed by atoms with Crippen molar-refractivity contribution in [1.29, 1.82) is 0 Å². The summed E-state index contributed by atoms with van der Waals surface area (Å²) in [6, 6.07) is 11.0. The molecular weight excluding hydrogens is 369 g/mol. The van der Waals surface area contributed by atoms with E-state index in [1.807, 2.05) is 6.92 Å². The maximum absolute atomic E-state index is 15.0. The molecule has 0 bridgehead atoms. The van der Waals surface area contributed by atoms with Crippen molar-refractivity contribution >= 4 is 17.3 Å². The molecule has 0 aliphatic heterocycles. The molecular formula is C20H15ClFN3O2. The fourth-order valence-corrected chi connectivity index (χ4v) is 2.74. The van der Waals surface area contributed by atoms with Crippen molar-refractivity contribution in [1.82, 2.24) is 10.2 Å². The minimum atomic E-state index is -0.609. The zero-order valence-electron chi connectivity index (χ0n) is 14.4. The minimum absolute atomic E-state index is 0.109. The van der Waals surface area contributed by atoms with Crippen LogP contribution in [0.3, 0.4) is 0 Å². The molecule has 0 aliphatic carbocycles. The number of halogens is 2. The molecule has 0 spiro atoms. The third-order valence-electron chi connectivity index (χ3n) is 3.95. The molecule has 3 aromatic rings. The monoisotopic (exact) mass is 383 g/mol. The number of aromatic amines is 1. The maximum Gasteiger partial charge on any atom is 0.264 e. The van der Waals surface area contributed by atoms with E-state index in [4.69, 9.17) is 22.9 Å². The van der Waals surface area contributed by atoms with E-state index >= 15 is 0 Å². The predicted molar refractivity (Wildman–Crippen MR) is 101 cm³/mol. The molecule has 3 rings (SSSR count). The molecule has 0 amide bonds. The summed E-state index contributed by atoms with van der Waals surface area (Å²) in [5.74, 6) is -0.370. The maximum atomic E-state index is 15.0. The van der Waals surface area contributed by atoms with Crippen LogP contribution in [0.1, 0.15) is 23.7 Å². The Bertz CT molecular complexity index is 1070. The Morgan fingerprint density at radius 3 is 2.74 bits per heavy atom. The normalized spacial score (nSPS) is 10.4. The summed E-state index contributed by atoms with van der Waals surface area (Å²) in [6.45, 7) is 9.14. The average molecular weight is 384 g/mol. The molecule has 0 aliphatic rings. The van der Waals surface area contributed by atoms with Crippen molar-refractivity contribution in [3.63, 3.8) is 0 Å². The highest BCUT2D eigenvalue weighted by Gasteiger charge is 2.16. The van der Waals surface area contributed by atoms with Gasteiger partial charge in [-0.1, -0.05) is 36.2 Å². The number of H-pyrrole nitrogens is 1. The highest BCUT2D eigenvalue weighted by atomic mass is 35.5. The van der Waals surface area contributed by atoms with Gasteiger partial charge in [0, 0.05) is 12.5 Å². The van der Waals surface area contributed by atoms with Crippen LogP contribution in [0.25, 0.3) is 4.85 Å². The van der Waals surface area contributed by atoms with Crippen molar-refractivity contribution in [2.45, 2.75) is 19.8 Å². The van der Waals surface area contributed by atoms with Gasteiger partial charge in [-0.15, -0.1) is 0 Å². The molecule has 27 heavy (non-hydrogen) atoms. The summed E-state index contributed by atoms with van der Waals surface area (Å²) in [7, 11) is 0. The Morgan fingerprint density at radius 2 is 2.07 bits per heavy atom. The van der Waals surface area contributed by atoms with Crippen LogP contribution in [0.2, 0.25) is 5.02 Å². The van der Waals surface area contributed by atoms with Gasteiger partial charge in [-0.05, 0) is 36.2 Å². The van der Waals surface area contributed by atoms with E-state index in [2.05, 4.69) is 15.0 Å². The molecule has 1 N–H and O–H groups in total. The Labute approximate surface area is 160 Å². The van der Waals surface area contributed by atoms with Gasteiger partial charge in [0.1, 0.15) is 5.75 Å². The lowest BCUT2D eigenvalue weighted by Gasteiger charge is -2.13. The van der Waals surface area contributed by atoms with E-state index in [1.54, 1.807) is 24.3 Å². The Balaban J connectivity index is 1.95. The van der Waals surface area contributed by atoms with Crippen molar-refractivity contribution in [2.24, 2.45) is 0 Å². The van der Waals surface area contributed by atoms with Crippen LogP contribution in [0.15, 0.2) is 47.3 Å². The summed E-state index contributed by atoms with van der Waals surface area (Å²) in [4.78, 5) is 14.5. The number of nitrogens with one attached hydrogen (secondary N) is 1. The first kappa shape index (κ1) is 18.6. The fourth-order valence-electron chi connectivity index (χ4n) is 2.56. The standard InChI is InChI=1S/C20H15ClFN3O2/c1-3-12-8-15(23-2)11-16(9-12)27-20-17(21)6-4-13(19(20)22)10-14-5-7-18(26)25-24-14/h4-9,11H,3,10H2,1H3,(H,25,26). The topological polar surface area (TPSA) is 59.3 Å². The number of rotatable bonds is 5. The summed E-state index contributed by atoms with van der Waals surface area (Å²) in [5.41, 5.74) is 1.82. The summed E-state index contributed by atoms with van der Waals surface area (Å²) in [6.07, 6.45) is 0.881. The Morgan fingerprint density at radius 1 is 1.26 bits per heavy atom. The van der Waals surface area contributed by atoms with E-state index in [0.29, 0.717) is 29.1 Å². The molecule has 0 atom stereocenters. The first-order valence-electron chi connectivity index (χ1n) is 8.21. The van der Waals surface area contributed by atoms with Crippen LogP contribution < -0.4 is 10.3 Å². The quantitative estimate of drug-likeness (QED) is 0.626. The highest BCUT2D eigenvalue weighted by molar-refractivity contribution is 6.32. The number of hydrogen-bond acceptors (Lipinski definition) is 3. The lowest BCUT2D eigenvalue weighted by atomic mass is 10.1. The lowest BCUT2D eigenvalue weighted by Crippen LogP contribution is -2.08. The molecule has 0 saturated carbocycles. The van der Waals surface area contributed by atoms with Crippen LogP contribution in [-0.2, 0) is 12.8 Å². The first-order valence-corrected chi connectivity index (χ1v) is 8.58. The van der Waals surface area contributed by atoms with Crippen LogP contribution in [0, 0.1) is 12.4 Å². The van der Waals surface area contributed by atoms with Gasteiger partial charge in [0.25, 0.3) is 5.56 Å². The van der Waals surface area contributed by atoms with Crippen LogP contribution >= 0.6 is 11.6 Å². The van der Waals surface area contributed by atoms with E-state index in [1.165, 1.54) is 18.2 Å². The van der Waals surface area contributed by atoms with Crippen LogP contribution in [0.4, 0.5) is 10.1 Å². The molecule has 7 heteroatoms. The average Bonchev–Trinajstić information content (AvgIpc) is 2.68. The molecule has 0 saturated heterocycles. The van der Waals surface area contributed by atoms with Gasteiger partial charge in [0.05, 0.1) is 17.3 Å². The van der Waals surface area contributed by atoms with Gasteiger partial charge in [-0.2, -0.15) is 5.10 Å². The predicted octanol–water partition coefficient (Wildman–Crippen LogP) is 5.06. The summed E-state index contributed by atoms with van der Waals surface area (Å²) >= 11 is 6.13. The van der Waals surface area contributed by atoms with E-state index < -0.39 is 5.82 Å². The van der Waals surface area contributed by atoms with Gasteiger partial charge in [0.2, 0.25) is 0 Å². The fraction of sp³-hybridized carbons (Fsp3) is 0.150. The summed E-state index contributed by atoms with van der Waals surface area (Å²) < 4.78 is 20.7. The third kappa shape index (κ3) is 4.33. The minimum Gasteiger partial charge on any atom is -0.454 e. The van der Waals surface area contributed by atoms with Crippen molar-refractivity contribution < 1.29 is 9.13 Å². The van der Waals surface area contributed by atoms with Gasteiger partial charge in [-0.3, -0.25) is 4.79 Å². The second-order valence-electron chi connectivity index (χ2n) is 5.84. The highest BCUT2D eigenvalue weighted by Crippen LogP contribution is 2.36. The van der Waals surface area contributed by atoms with Gasteiger partial charge in [-0.25, -0.2) is 14.3 Å². The molecule has 136 valence electrons. The second-order valence-corrected chi connectivity index (χ2v) is 6.25. The zero-order valence-corrected chi connectivity index (χ0v) is 15.2. The molecule has 0 fully saturated rings. The van der Waals surface area contributed by atoms with Crippen LogP contribution in [-0.4, -0.2) is 10.2 Å². The van der Waals surface area contributed by atoms with Gasteiger partial charge in [0.15, 0.2) is 17.3 Å². The number of aromatic nitrogens is 2. The van der Waals surface area contributed by atoms with Crippen molar-refractivity contribution in [2.75, 3.05) is 0 Å². The van der Waals surface area contributed by atoms with Gasteiger partial charge < -0.3 is 4.74 Å². The smallest absolute Gasteiger partial charge is 0.264 e. The van der Waals surface area contributed by atoms with Gasteiger partial charge >= 0.3 is 0 Å². The first-order chi connectivity index (χ1) is 13.0. The summed E-state index contributed by atoms with van der Waals surface area (Å²) in [5, 5.41) is 6.32. The molecule has 5 nitrogen and oxygen atoms in total. The Kier molecular flexibility index (Phi) is 5.53. The van der Waals surface area contributed by atoms with Crippen LogP contribution in [0.5, 0.6) is 11.5 Å². The van der Waals surface area contributed by atoms with E-state index in [9.17, 15) is 9.18 Å². The molecule has 0 radical (unpaired) electrons. The zero-order chi connectivity index (χ0) is 19.4. The lowest BCUT2D eigenvalue weighted by molar-refractivity contribution is 0.439. The SMILES string of the molecule is [C-]#[N+]c1cc(CC)cc(Oc2c(Cl)ccc(Cc3ccc(=O)[nH]n3)c2F)c1. The second kappa shape index (κ2) is 8.02. The number of aryl methyl sites for hydroxylation is 1. The number of hydrogen-bond donors (Lipinski definition) is 1. The number of ether oxygens (including phenoxy) is 1. The van der Waals surface area contributed by atoms with Crippen molar-refractivity contribution in [3.05, 3.63) is 91.9 Å². The number of benzene rings is 2. The third-order valence-corrected chi connectivity index (χ3v) is 4.24. The van der Waals surface area contributed by atoms with E-state index in [-0.39, 0.29) is 22.8 Å². The van der Waals surface area contributed by atoms with E-state index in [0.717, 1.165) is 5.56 Å². The molecule has 1 aromatic heterocycles. The van der Waals surface area contributed by atoms with Crippen molar-refractivity contribution in [3.8, 4) is 11.5 Å². The largest absolute Gasteiger partial charge is 0.454 e. The molecule has 0 unspecified atom stereocenters.